The summed E-state index contributed by atoms with van der Waals surface area (Å²) in [5, 5.41) is 7.21. The van der Waals surface area contributed by atoms with Gasteiger partial charge in [0.1, 0.15) is 0 Å². The van der Waals surface area contributed by atoms with Crippen LogP contribution in [0.5, 0.6) is 11.5 Å². The van der Waals surface area contributed by atoms with Crippen molar-refractivity contribution >= 4 is 11.6 Å². The van der Waals surface area contributed by atoms with Gasteiger partial charge in [0.05, 0.1) is 19.4 Å². The van der Waals surface area contributed by atoms with Crippen LogP contribution in [0.15, 0.2) is 30.6 Å². The van der Waals surface area contributed by atoms with E-state index in [-0.39, 0.29) is 23.8 Å². The first-order chi connectivity index (χ1) is 12.6. The number of hydrogen-bond donors (Lipinski definition) is 1. The molecule has 2 aliphatic rings. The molecule has 6 nitrogen and oxygen atoms in total. The molecule has 2 aromatic rings. The first kappa shape index (κ1) is 16.9. The van der Waals surface area contributed by atoms with E-state index in [9.17, 15) is 4.79 Å². The Morgan fingerprint density at radius 2 is 2.08 bits per heavy atom. The van der Waals surface area contributed by atoms with Gasteiger partial charge in [-0.2, -0.15) is 5.10 Å². The zero-order chi connectivity index (χ0) is 18.1. The molecule has 0 spiro atoms. The van der Waals surface area contributed by atoms with Crippen molar-refractivity contribution in [2.24, 2.45) is 13.0 Å². The van der Waals surface area contributed by atoms with E-state index in [1.165, 1.54) is 12.8 Å². The van der Waals surface area contributed by atoms with Crippen LogP contribution in [-0.4, -0.2) is 28.9 Å². The lowest BCUT2D eigenvalue weighted by Crippen LogP contribution is -2.15. The van der Waals surface area contributed by atoms with Crippen molar-refractivity contribution in [1.82, 2.24) is 9.78 Å². The molecule has 0 bridgehead atoms. The van der Waals surface area contributed by atoms with Crippen LogP contribution >= 0.6 is 0 Å². The van der Waals surface area contributed by atoms with E-state index in [0.29, 0.717) is 11.5 Å². The summed E-state index contributed by atoms with van der Waals surface area (Å²) in [5.41, 5.74) is 1.88. The van der Waals surface area contributed by atoms with Gasteiger partial charge < -0.3 is 14.8 Å². The zero-order valence-corrected chi connectivity index (χ0v) is 15.3. The number of anilines is 1. The summed E-state index contributed by atoms with van der Waals surface area (Å²) in [6.07, 6.45) is 9.52. The predicted octanol–water partition coefficient (Wildman–Crippen LogP) is 3.49. The van der Waals surface area contributed by atoms with Gasteiger partial charge in [0.2, 0.25) is 5.91 Å². The molecule has 2 fully saturated rings. The second-order valence-corrected chi connectivity index (χ2v) is 7.28. The Kier molecular flexibility index (Phi) is 4.57. The topological polar surface area (TPSA) is 65.4 Å². The molecule has 2 saturated carbocycles. The average Bonchev–Trinajstić information content (AvgIpc) is 3.04. The van der Waals surface area contributed by atoms with Crippen molar-refractivity contribution in [1.29, 1.82) is 0 Å². The van der Waals surface area contributed by atoms with E-state index < -0.39 is 0 Å². The number of aryl methyl sites for hydroxylation is 1. The highest BCUT2D eigenvalue weighted by Crippen LogP contribution is 2.48. The number of amides is 1. The lowest BCUT2D eigenvalue weighted by molar-refractivity contribution is -0.117. The molecule has 6 heteroatoms. The Bertz CT molecular complexity index is 795. The highest BCUT2D eigenvalue weighted by atomic mass is 16.5. The molecule has 4 rings (SSSR count). The van der Waals surface area contributed by atoms with Gasteiger partial charge in [-0.15, -0.1) is 0 Å². The number of aromatic nitrogens is 2. The lowest BCUT2D eigenvalue weighted by atomic mass is 10.2. The van der Waals surface area contributed by atoms with Gasteiger partial charge in [-0.1, -0.05) is 0 Å². The molecule has 0 unspecified atom stereocenters. The zero-order valence-electron chi connectivity index (χ0n) is 15.3. The monoisotopic (exact) mass is 355 g/mol. The smallest absolute Gasteiger partial charge is 0.228 e. The molecule has 1 aromatic heterocycles. The van der Waals surface area contributed by atoms with E-state index in [4.69, 9.17) is 9.47 Å². The molecule has 1 heterocycles. The minimum absolute atomic E-state index is 0.0144. The predicted molar refractivity (Wildman–Crippen MR) is 98.6 cm³/mol. The largest absolute Gasteiger partial charge is 0.493 e. The van der Waals surface area contributed by atoms with Crippen molar-refractivity contribution in [3.05, 3.63) is 36.2 Å². The van der Waals surface area contributed by atoms with E-state index in [0.717, 1.165) is 30.5 Å². The third kappa shape index (κ3) is 3.54. The Balaban J connectivity index is 1.42. The number of nitrogens with one attached hydrogen (secondary N) is 1. The molecule has 2 aliphatic carbocycles. The van der Waals surface area contributed by atoms with Gasteiger partial charge in [-0.25, -0.2) is 0 Å². The number of ether oxygens (including phenoxy) is 2. The standard InChI is InChI=1S/C20H25N3O3/c1-23-12-13(11-21-23)16-10-17(16)20(24)22-14-7-8-18(25-2)19(9-14)26-15-5-3-4-6-15/h7-9,11-12,15-17H,3-6,10H2,1-2H3,(H,22,24)/t16-,17-/m0/s1. The fraction of sp³-hybridized carbons (Fsp3) is 0.500. The van der Waals surface area contributed by atoms with Crippen LogP contribution in [0.4, 0.5) is 5.69 Å². The maximum Gasteiger partial charge on any atom is 0.228 e. The van der Waals surface area contributed by atoms with Crippen molar-refractivity contribution in [2.45, 2.75) is 44.1 Å². The Labute approximate surface area is 153 Å². The molecule has 2 atom stereocenters. The molecule has 26 heavy (non-hydrogen) atoms. The molecule has 138 valence electrons. The number of carbonyl (C=O) groups is 1. The van der Waals surface area contributed by atoms with E-state index in [1.807, 2.05) is 37.6 Å². The highest BCUT2D eigenvalue weighted by molar-refractivity contribution is 5.95. The van der Waals surface area contributed by atoms with Crippen LogP contribution in [0.1, 0.15) is 43.6 Å². The van der Waals surface area contributed by atoms with E-state index in [2.05, 4.69) is 10.4 Å². The number of nitrogens with zero attached hydrogens (tertiary/aromatic N) is 2. The number of carbonyl (C=O) groups excluding carboxylic acids is 1. The summed E-state index contributed by atoms with van der Waals surface area (Å²) in [7, 11) is 3.53. The van der Waals surface area contributed by atoms with Crippen molar-refractivity contribution in [3.63, 3.8) is 0 Å². The summed E-state index contributed by atoms with van der Waals surface area (Å²) < 4.78 is 13.3. The number of benzene rings is 1. The SMILES string of the molecule is COc1ccc(NC(=O)[C@H]2C[C@H]2c2cnn(C)c2)cc1OC1CCCC1. The summed E-state index contributed by atoms with van der Waals surface area (Å²) in [5.74, 6) is 1.75. The van der Waals surface area contributed by atoms with Crippen LogP contribution in [0.25, 0.3) is 0 Å². The number of rotatable bonds is 6. The van der Waals surface area contributed by atoms with Gasteiger partial charge in [0, 0.05) is 30.9 Å². The lowest BCUT2D eigenvalue weighted by Gasteiger charge is -2.17. The Morgan fingerprint density at radius 3 is 2.77 bits per heavy atom. The van der Waals surface area contributed by atoms with Crippen LogP contribution in [0.3, 0.4) is 0 Å². The molecule has 0 radical (unpaired) electrons. The molecule has 1 N–H and O–H groups in total. The molecular formula is C20H25N3O3. The van der Waals surface area contributed by atoms with E-state index in [1.54, 1.807) is 11.8 Å². The average molecular weight is 355 g/mol. The fourth-order valence-electron chi connectivity index (χ4n) is 3.75. The summed E-state index contributed by atoms with van der Waals surface area (Å²) in [6, 6.07) is 5.58. The van der Waals surface area contributed by atoms with Gasteiger partial charge in [0.15, 0.2) is 11.5 Å². The van der Waals surface area contributed by atoms with Crippen molar-refractivity contribution in [2.75, 3.05) is 12.4 Å². The minimum atomic E-state index is 0.0144. The minimum Gasteiger partial charge on any atom is -0.493 e. The maximum atomic E-state index is 12.6. The fourth-order valence-corrected chi connectivity index (χ4v) is 3.75. The molecule has 1 aromatic carbocycles. The molecule has 0 aliphatic heterocycles. The third-order valence-corrected chi connectivity index (χ3v) is 5.31. The molecule has 0 saturated heterocycles. The Hall–Kier alpha value is -2.50. The summed E-state index contributed by atoms with van der Waals surface area (Å²) in [6.45, 7) is 0. The maximum absolute atomic E-state index is 12.6. The Morgan fingerprint density at radius 1 is 1.27 bits per heavy atom. The van der Waals surface area contributed by atoms with Crippen LogP contribution in [-0.2, 0) is 11.8 Å². The van der Waals surface area contributed by atoms with Crippen LogP contribution < -0.4 is 14.8 Å². The van der Waals surface area contributed by atoms with Gasteiger partial charge in [0.25, 0.3) is 0 Å². The van der Waals surface area contributed by atoms with Crippen LogP contribution in [0.2, 0.25) is 0 Å². The first-order valence-electron chi connectivity index (χ1n) is 9.28. The highest BCUT2D eigenvalue weighted by Gasteiger charge is 2.44. The number of hydrogen-bond acceptors (Lipinski definition) is 4. The quantitative estimate of drug-likeness (QED) is 0.861. The van der Waals surface area contributed by atoms with Gasteiger partial charge in [-0.05, 0) is 55.7 Å². The summed E-state index contributed by atoms with van der Waals surface area (Å²) in [4.78, 5) is 12.6. The van der Waals surface area contributed by atoms with Crippen molar-refractivity contribution in [3.8, 4) is 11.5 Å². The second kappa shape index (κ2) is 7.02. The third-order valence-electron chi connectivity index (χ3n) is 5.31. The first-order valence-corrected chi connectivity index (χ1v) is 9.28. The molecule has 1 amide bonds. The normalized spacial score (nSPS) is 22.2. The van der Waals surface area contributed by atoms with Crippen molar-refractivity contribution < 1.29 is 14.3 Å². The molecular weight excluding hydrogens is 330 g/mol. The van der Waals surface area contributed by atoms with Crippen LogP contribution in [0, 0.1) is 5.92 Å². The van der Waals surface area contributed by atoms with Gasteiger partial charge in [-0.3, -0.25) is 9.48 Å². The van der Waals surface area contributed by atoms with E-state index >= 15 is 0 Å². The second-order valence-electron chi connectivity index (χ2n) is 7.28. The van der Waals surface area contributed by atoms with Gasteiger partial charge >= 0.3 is 0 Å². The number of methoxy groups -OCH3 is 1. The summed E-state index contributed by atoms with van der Waals surface area (Å²) >= 11 is 0.